The highest BCUT2D eigenvalue weighted by molar-refractivity contribution is 5.98. The van der Waals surface area contributed by atoms with Crippen LogP contribution in [0.5, 0.6) is 17.2 Å². The predicted octanol–water partition coefficient (Wildman–Crippen LogP) is 1.40. The van der Waals surface area contributed by atoms with E-state index in [1.807, 2.05) is 6.07 Å². The molecule has 1 aromatic carbocycles. The van der Waals surface area contributed by atoms with E-state index in [2.05, 4.69) is 12.2 Å². The van der Waals surface area contributed by atoms with Crippen molar-refractivity contribution in [2.75, 3.05) is 27.5 Å². The van der Waals surface area contributed by atoms with Crippen LogP contribution in [0.25, 0.3) is 0 Å². The summed E-state index contributed by atoms with van der Waals surface area (Å²) in [7, 11) is 3.78. The lowest BCUT2D eigenvalue weighted by Crippen LogP contribution is -3.10. The lowest BCUT2D eigenvalue weighted by atomic mass is 9.88. The molecule has 1 unspecified atom stereocenters. The predicted molar refractivity (Wildman–Crippen MR) is 89.0 cm³/mol. The first-order chi connectivity index (χ1) is 12.2. The number of hydrogen-bond acceptors (Lipinski definition) is 6. The van der Waals surface area contributed by atoms with Crippen molar-refractivity contribution >= 4 is 5.71 Å². The number of nitrogens with one attached hydrogen (secondary N) is 1. The summed E-state index contributed by atoms with van der Waals surface area (Å²) in [4.78, 5) is 1.32. The molecule has 2 aliphatic rings. The SMILES string of the molecule is COc1c2c(cc3c1[C@@H](C/C(=N\O)c1ccco1)[NH+](C)CC3)OCO2. The number of likely N-dealkylation sites (N-methyl/N-ethyl adjacent to an activating group) is 1. The molecule has 2 aliphatic heterocycles. The minimum atomic E-state index is 0.0594. The molecule has 3 heterocycles. The van der Waals surface area contributed by atoms with Crippen LogP contribution in [0.15, 0.2) is 34.0 Å². The number of ether oxygens (including phenoxy) is 3. The van der Waals surface area contributed by atoms with Gasteiger partial charge in [0.15, 0.2) is 17.3 Å². The number of oxime groups is 1. The van der Waals surface area contributed by atoms with Crippen LogP contribution in [0.4, 0.5) is 0 Å². The van der Waals surface area contributed by atoms with Crippen molar-refractivity contribution in [1.82, 2.24) is 0 Å². The molecule has 2 atom stereocenters. The normalized spacial score (nSPS) is 21.9. The van der Waals surface area contributed by atoms with Crippen molar-refractivity contribution in [1.29, 1.82) is 0 Å². The second kappa shape index (κ2) is 6.33. The summed E-state index contributed by atoms with van der Waals surface area (Å²) in [5.41, 5.74) is 2.79. The standard InChI is InChI=1S/C18H20N2O5/c1-20-6-5-11-8-15-17(25-10-24-15)18(22-2)16(11)13(20)9-12(19-21)14-4-3-7-23-14/h3-4,7-8,13,21H,5-6,9-10H2,1-2H3/p+1/b19-12+/t13-/m1/s1. The minimum Gasteiger partial charge on any atom is -0.492 e. The zero-order valence-corrected chi connectivity index (χ0v) is 14.2. The Balaban J connectivity index is 1.77. The number of rotatable bonds is 4. The van der Waals surface area contributed by atoms with Crippen LogP contribution >= 0.6 is 0 Å². The van der Waals surface area contributed by atoms with Crippen molar-refractivity contribution in [2.45, 2.75) is 18.9 Å². The van der Waals surface area contributed by atoms with E-state index in [0.717, 1.165) is 24.3 Å². The summed E-state index contributed by atoms with van der Waals surface area (Å²) in [6.07, 6.45) is 3.03. The summed E-state index contributed by atoms with van der Waals surface area (Å²) in [6, 6.07) is 5.68. The van der Waals surface area contributed by atoms with E-state index in [0.29, 0.717) is 29.4 Å². The van der Waals surface area contributed by atoms with E-state index in [1.54, 1.807) is 25.5 Å². The third-order valence-electron chi connectivity index (χ3n) is 5.00. The van der Waals surface area contributed by atoms with Crippen LogP contribution in [0.3, 0.4) is 0 Å². The summed E-state index contributed by atoms with van der Waals surface area (Å²) in [6.45, 7) is 1.18. The van der Waals surface area contributed by atoms with Crippen LogP contribution in [-0.4, -0.2) is 38.4 Å². The first kappa shape index (κ1) is 15.8. The van der Waals surface area contributed by atoms with Gasteiger partial charge in [0.1, 0.15) is 11.8 Å². The molecule has 0 saturated heterocycles. The van der Waals surface area contributed by atoms with Gasteiger partial charge in [-0.1, -0.05) is 5.16 Å². The van der Waals surface area contributed by atoms with E-state index in [-0.39, 0.29) is 12.8 Å². The third-order valence-corrected chi connectivity index (χ3v) is 5.00. The van der Waals surface area contributed by atoms with Crippen LogP contribution in [0.1, 0.15) is 29.3 Å². The Kier molecular flexibility index (Phi) is 4.01. The second-order valence-electron chi connectivity index (χ2n) is 6.34. The zero-order chi connectivity index (χ0) is 17.4. The van der Waals surface area contributed by atoms with Gasteiger partial charge in [-0.25, -0.2) is 0 Å². The van der Waals surface area contributed by atoms with Gasteiger partial charge < -0.3 is 28.7 Å². The van der Waals surface area contributed by atoms with E-state index in [9.17, 15) is 5.21 Å². The van der Waals surface area contributed by atoms with Gasteiger partial charge in [-0.05, 0) is 23.8 Å². The van der Waals surface area contributed by atoms with Gasteiger partial charge in [-0.15, -0.1) is 0 Å². The first-order valence-corrected chi connectivity index (χ1v) is 8.29. The Morgan fingerprint density at radius 2 is 2.32 bits per heavy atom. The van der Waals surface area contributed by atoms with Gasteiger partial charge >= 0.3 is 0 Å². The molecular weight excluding hydrogens is 324 g/mol. The lowest BCUT2D eigenvalue weighted by molar-refractivity contribution is -0.913. The zero-order valence-electron chi connectivity index (χ0n) is 14.2. The summed E-state index contributed by atoms with van der Waals surface area (Å²) in [5.74, 6) is 2.67. The smallest absolute Gasteiger partial charge is 0.231 e. The fraction of sp³-hybridized carbons (Fsp3) is 0.389. The van der Waals surface area contributed by atoms with Crippen molar-refractivity contribution in [3.8, 4) is 17.2 Å². The molecule has 0 aliphatic carbocycles. The number of quaternary nitrogens is 1. The van der Waals surface area contributed by atoms with Crippen molar-refractivity contribution in [3.05, 3.63) is 41.3 Å². The fourth-order valence-electron chi connectivity index (χ4n) is 3.72. The summed E-state index contributed by atoms with van der Waals surface area (Å²) in [5, 5.41) is 13.0. The molecule has 1 aromatic heterocycles. The Hall–Kier alpha value is -2.67. The molecule has 0 spiro atoms. The van der Waals surface area contributed by atoms with E-state index in [4.69, 9.17) is 18.6 Å². The molecule has 2 N–H and O–H groups in total. The molecule has 0 amide bonds. The molecule has 132 valence electrons. The maximum Gasteiger partial charge on any atom is 0.231 e. The van der Waals surface area contributed by atoms with Crippen LogP contribution in [0.2, 0.25) is 0 Å². The largest absolute Gasteiger partial charge is 0.492 e. The van der Waals surface area contributed by atoms with E-state index < -0.39 is 0 Å². The van der Waals surface area contributed by atoms with Crippen molar-refractivity contribution < 1.29 is 28.7 Å². The van der Waals surface area contributed by atoms with Crippen LogP contribution < -0.4 is 19.1 Å². The number of benzene rings is 1. The molecule has 25 heavy (non-hydrogen) atoms. The number of fused-ring (bicyclic) bond motifs is 2. The average molecular weight is 345 g/mol. The molecule has 0 radical (unpaired) electrons. The van der Waals surface area contributed by atoms with Crippen molar-refractivity contribution in [3.63, 3.8) is 0 Å². The van der Waals surface area contributed by atoms with Gasteiger partial charge in [0.2, 0.25) is 12.5 Å². The third kappa shape index (κ3) is 2.60. The summed E-state index contributed by atoms with van der Waals surface area (Å²) < 4.78 is 22.3. The first-order valence-electron chi connectivity index (χ1n) is 8.29. The summed E-state index contributed by atoms with van der Waals surface area (Å²) >= 11 is 0. The highest BCUT2D eigenvalue weighted by atomic mass is 16.7. The number of nitrogens with zero attached hydrogens (tertiary/aromatic N) is 1. The van der Waals surface area contributed by atoms with Gasteiger partial charge in [0.05, 0.1) is 38.9 Å². The topological polar surface area (TPSA) is 77.9 Å². The van der Waals surface area contributed by atoms with Crippen LogP contribution in [0, 0.1) is 0 Å². The quantitative estimate of drug-likeness (QED) is 0.498. The molecule has 0 saturated carbocycles. The van der Waals surface area contributed by atoms with Crippen LogP contribution in [-0.2, 0) is 6.42 Å². The molecule has 7 nitrogen and oxygen atoms in total. The molecule has 2 aromatic rings. The van der Waals surface area contributed by atoms with E-state index >= 15 is 0 Å². The monoisotopic (exact) mass is 345 g/mol. The highest BCUT2D eigenvalue weighted by Gasteiger charge is 2.37. The molecule has 0 bridgehead atoms. The Labute approximate surface area is 145 Å². The molecular formula is C18H21N2O5+. The Morgan fingerprint density at radius 1 is 1.44 bits per heavy atom. The second-order valence-corrected chi connectivity index (χ2v) is 6.34. The van der Waals surface area contributed by atoms with Gasteiger partial charge in [-0.2, -0.15) is 0 Å². The number of methoxy groups -OCH3 is 1. The minimum absolute atomic E-state index is 0.0594. The van der Waals surface area contributed by atoms with Gasteiger partial charge in [0, 0.05) is 6.42 Å². The maximum absolute atomic E-state index is 9.49. The highest BCUT2D eigenvalue weighted by Crippen LogP contribution is 2.47. The van der Waals surface area contributed by atoms with Gasteiger partial charge in [-0.3, -0.25) is 0 Å². The Morgan fingerprint density at radius 3 is 3.04 bits per heavy atom. The maximum atomic E-state index is 9.49. The van der Waals surface area contributed by atoms with Crippen molar-refractivity contribution in [2.24, 2.45) is 5.16 Å². The average Bonchev–Trinajstić information content (AvgIpc) is 3.30. The van der Waals surface area contributed by atoms with E-state index in [1.165, 1.54) is 10.5 Å². The fourth-order valence-corrected chi connectivity index (χ4v) is 3.72. The lowest BCUT2D eigenvalue weighted by Gasteiger charge is -2.33. The van der Waals surface area contributed by atoms with Gasteiger partial charge in [0.25, 0.3) is 0 Å². The molecule has 0 fully saturated rings. The number of furan rings is 1. The Bertz CT molecular complexity index is 800. The molecule has 4 rings (SSSR count). The number of hydrogen-bond donors (Lipinski definition) is 2. The molecule has 7 heteroatoms.